The zero-order chi connectivity index (χ0) is 22.7. The lowest BCUT2D eigenvalue weighted by molar-refractivity contribution is -0.215. The number of hydrogen-bond donors (Lipinski definition) is 1. The third-order valence-electron chi connectivity index (χ3n) is 6.78. The largest absolute Gasteiger partial charge is 0.397 e. The molecule has 1 spiro atoms. The summed E-state index contributed by atoms with van der Waals surface area (Å²) in [6.07, 6.45) is 4.61. The number of halogens is 4. The number of fused-ring (bicyclic) bond motifs is 2. The van der Waals surface area contributed by atoms with E-state index in [-0.39, 0.29) is 10.9 Å². The second-order valence-electron chi connectivity index (χ2n) is 8.79. The Morgan fingerprint density at radius 1 is 1.31 bits per heavy atom. The van der Waals surface area contributed by atoms with Crippen LogP contribution in [0.3, 0.4) is 0 Å². The number of para-hydroxylation sites is 1. The summed E-state index contributed by atoms with van der Waals surface area (Å²) < 4.78 is 50.8. The quantitative estimate of drug-likeness (QED) is 0.639. The van der Waals surface area contributed by atoms with Crippen LogP contribution in [0.4, 0.5) is 18.9 Å². The van der Waals surface area contributed by atoms with Crippen LogP contribution in [0.25, 0.3) is 5.69 Å². The van der Waals surface area contributed by atoms with E-state index in [2.05, 4.69) is 10.00 Å². The fraction of sp³-hybridized carbons (Fsp3) is 0.500. The zero-order valence-corrected chi connectivity index (χ0v) is 19.1. The van der Waals surface area contributed by atoms with Crippen LogP contribution in [-0.4, -0.2) is 51.2 Å². The van der Waals surface area contributed by atoms with Gasteiger partial charge in [0.2, 0.25) is 0 Å². The summed E-state index contributed by atoms with van der Waals surface area (Å²) in [5.41, 5.74) is 7.68. The Bertz CT molecular complexity index is 1050. The first-order valence-corrected chi connectivity index (χ1v) is 11.8. The Hall–Kier alpha value is -1.68. The first kappa shape index (κ1) is 22.1. The molecule has 3 aliphatic heterocycles. The fourth-order valence-corrected chi connectivity index (χ4v) is 6.79. The molecule has 2 N–H and O–H groups in total. The molecule has 0 amide bonds. The Labute approximate surface area is 193 Å². The van der Waals surface area contributed by atoms with E-state index in [1.807, 2.05) is 6.92 Å². The average molecular weight is 485 g/mol. The minimum Gasteiger partial charge on any atom is -0.397 e. The van der Waals surface area contributed by atoms with E-state index in [1.54, 1.807) is 18.3 Å². The summed E-state index contributed by atoms with van der Waals surface area (Å²) in [5.74, 6) is -4.20. The number of aryl methyl sites for hydroxylation is 1. The number of rotatable bonds is 3. The van der Waals surface area contributed by atoms with Crippen molar-refractivity contribution in [3.8, 4) is 5.69 Å². The summed E-state index contributed by atoms with van der Waals surface area (Å²) >= 11 is 7.44. The molecule has 172 valence electrons. The van der Waals surface area contributed by atoms with Crippen LogP contribution in [0.5, 0.6) is 0 Å². The standard InChI is InChI=1S/C22H24ClF3N4OS/c1-13-14(11-30(28-13)19-16(24)3-2-4-17(19)27)10-29-7-5-21(6-8-29)20-15(9-18(23)32-20)22(25,26)12-31-21/h2-4,9,11,15,20H,5-8,10,12,27H2,1H3. The number of allylic oxidation sites excluding steroid dienone is 1. The van der Waals surface area contributed by atoms with Crippen LogP contribution in [-0.2, 0) is 11.3 Å². The molecule has 2 fully saturated rings. The third-order valence-corrected chi connectivity index (χ3v) is 8.51. The minimum absolute atomic E-state index is 0.240. The average Bonchev–Trinajstić information content (AvgIpc) is 3.31. The number of alkyl halides is 2. The summed E-state index contributed by atoms with van der Waals surface area (Å²) in [6.45, 7) is 3.37. The van der Waals surface area contributed by atoms with Gasteiger partial charge in [-0.1, -0.05) is 17.7 Å². The van der Waals surface area contributed by atoms with Crippen LogP contribution < -0.4 is 5.73 Å². The van der Waals surface area contributed by atoms with E-state index in [4.69, 9.17) is 22.1 Å². The molecule has 5 rings (SSSR count). The molecule has 0 aliphatic carbocycles. The minimum atomic E-state index is -2.89. The lowest BCUT2D eigenvalue weighted by Crippen LogP contribution is -2.61. The normalized spacial score (nSPS) is 26.8. The number of hydrogen-bond acceptors (Lipinski definition) is 5. The van der Waals surface area contributed by atoms with Crippen molar-refractivity contribution in [1.29, 1.82) is 0 Å². The predicted octanol–water partition coefficient (Wildman–Crippen LogP) is 4.71. The van der Waals surface area contributed by atoms with Gasteiger partial charge < -0.3 is 10.5 Å². The van der Waals surface area contributed by atoms with Crippen molar-refractivity contribution in [1.82, 2.24) is 14.7 Å². The smallest absolute Gasteiger partial charge is 0.278 e. The number of nitrogen functional groups attached to an aromatic ring is 1. The first-order valence-electron chi connectivity index (χ1n) is 10.6. The van der Waals surface area contributed by atoms with Crippen molar-refractivity contribution < 1.29 is 17.9 Å². The molecule has 10 heteroatoms. The number of aromatic nitrogens is 2. The second kappa shape index (κ2) is 7.97. The van der Waals surface area contributed by atoms with E-state index in [9.17, 15) is 13.2 Å². The number of piperidine rings is 1. The zero-order valence-electron chi connectivity index (χ0n) is 17.5. The van der Waals surface area contributed by atoms with Crippen molar-refractivity contribution >= 4 is 29.1 Å². The van der Waals surface area contributed by atoms with Gasteiger partial charge in [-0.05, 0) is 38.0 Å². The molecule has 1 aromatic heterocycles. The van der Waals surface area contributed by atoms with E-state index in [0.29, 0.717) is 42.5 Å². The summed E-state index contributed by atoms with van der Waals surface area (Å²) in [7, 11) is 0. The van der Waals surface area contributed by atoms with Gasteiger partial charge in [0.05, 0.1) is 32.5 Å². The fourth-order valence-electron chi connectivity index (χ4n) is 4.96. The lowest BCUT2D eigenvalue weighted by Gasteiger charge is -2.51. The maximum absolute atomic E-state index is 14.4. The maximum atomic E-state index is 14.4. The Balaban J connectivity index is 1.29. The van der Waals surface area contributed by atoms with Gasteiger partial charge in [0, 0.05) is 31.4 Å². The Morgan fingerprint density at radius 2 is 2.06 bits per heavy atom. The number of nitrogens with two attached hydrogens (primary N) is 1. The molecule has 3 aliphatic rings. The Kier molecular flexibility index (Phi) is 5.51. The van der Waals surface area contributed by atoms with Gasteiger partial charge in [0.25, 0.3) is 5.92 Å². The number of anilines is 1. The van der Waals surface area contributed by atoms with Gasteiger partial charge >= 0.3 is 0 Å². The van der Waals surface area contributed by atoms with Gasteiger partial charge in [-0.3, -0.25) is 4.90 Å². The van der Waals surface area contributed by atoms with Crippen molar-refractivity contribution in [2.45, 2.75) is 43.1 Å². The molecule has 4 heterocycles. The van der Waals surface area contributed by atoms with Crippen LogP contribution >= 0.6 is 23.4 Å². The van der Waals surface area contributed by atoms with Crippen LogP contribution in [0.1, 0.15) is 24.1 Å². The molecule has 2 aromatic rings. The maximum Gasteiger partial charge on any atom is 0.278 e. The molecule has 32 heavy (non-hydrogen) atoms. The highest BCUT2D eigenvalue weighted by Gasteiger charge is 2.60. The Morgan fingerprint density at radius 3 is 2.78 bits per heavy atom. The third kappa shape index (κ3) is 3.73. The molecular formula is C22H24ClF3N4OS. The van der Waals surface area contributed by atoms with Gasteiger partial charge in [0.15, 0.2) is 5.82 Å². The van der Waals surface area contributed by atoms with Crippen LogP contribution in [0.2, 0.25) is 0 Å². The van der Waals surface area contributed by atoms with Gasteiger partial charge in [-0.25, -0.2) is 17.9 Å². The summed E-state index contributed by atoms with van der Waals surface area (Å²) in [4.78, 5) is 2.25. The highest BCUT2D eigenvalue weighted by atomic mass is 35.5. The summed E-state index contributed by atoms with van der Waals surface area (Å²) in [5, 5.41) is 4.09. The molecule has 0 saturated carbocycles. The highest BCUT2D eigenvalue weighted by Crippen LogP contribution is 2.56. The van der Waals surface area contributed by atoms with Crippen molar-refractivity contribution in [2.24, 2.45) is 5.92 Å². The molecule has 0 radical (unpaired) electrons. The molecule has 2 atom stereocenters. The lowest BCUT2D eigenvalue weighted by atomic mass is 9.77. The monoisotopic (exact) mass is 484 g/mol. The second-order valence-corrected chi connectivity index (χ2v) is 10.6. The van der Waals surface area contributed by atoms with Crippen molar-refractivity contribution in [3.05, 3.63) is 51.9 Å². The number of nitrogens with zero attached hydrogens (tertiary/aromatic N) is 3. The molecule has 0 bridgehead atoms. The van der Waals surface area contributed by atoms with E-state index < -0.39 is 29.9 Å². The molecule has 2 unspecified atom stereocenters. The van der Waals surface area contributed by atoms with E-state index in [0.717, 1.165) is 11.3 Å². The number of thioether (sulfide) groups is 1. The predicted molar refractivity (Wildman–Crippen MR) is 120 cm³/mol. The topological polar surface area (TPSA) is 56.3 Å². The van der Waals surface area contributed by atoms with Gasteiger partial charge in [-0.2, -0.15) is 5.10 Å². The highest BCUT2D eigenvalue weighted by molar-refractivity contribution is 8.05. The number of ether oxygens (including phenoxy) is 1. The number of benzene rings is 1. The van der Waals surface area contributed by atoms with Crippen molar-refractivity contribution in [2.75, 3.05) is 25.4 Å². The van der Waals surface area contributed by atoms with Gasteiger partial charge in [-0.15, -0.1) is 11.8 Å². The molecule has 2 saturated heterocycles. The number of likely N-dealkylation sites (tertiary alicyclic amines) is 1. The van der Waals surface area contributed by atoms with Crippen molar-refractivity contribution in [3.63, 3.8) is 0 Å². The molecule has 1 aromatic carbocycles. The van der Waals surface area contributed by atoms with E-state index >= 15 is 0 Å². The van der Waals surface area contributed by atoms with Crippen LogP contribution in [0, 0.1) is 18.7 Å². The van der Waals surface area contributed by atoms with E-state index in [1.165, 1.54) is 28.6 Å². The summed E-state index contributed by atoms with van der Waals surface area (Å²) in [6, 6.07) is 4.56. The van der Waals surface area contributed by atoms with Gasteiger partial charge in [0.1, 0.15) is 12.3 Å². The van der Waals surface area contributed by atoms with Crippen LogP contribution in [0.15, 0.2) is 34.8 Å². The SMILES string of the molecule is Cc1nn(-c2c(N)cccc2F)cc1CN1CCC2(CC1)OCC(F)(F)C1C=C(Cl)SC12. The molecular weight excluding hydrogens is 461 g/mol. The molecule has 5 nitrogen and oxygen atoms in total. The first-order chi connectivity index (χ1) is 15.2.